The minimum atomic E-state index is -10.2. The number of carbonyl (C=O) groups excluding carboxylic acids is 2. The van der Waals surface area contributed by atoms with Gasteiger partial charge in [-0.3, -0.25) is 15.0 Å². The van der Waals surface area contributed by atoms with Crippen molar-refractivity contribution in [3.8, 4) is 11.5 Å². The number of ether oxygens (including phenoxy) is 2. The Morgan fingerprint density at radius 3 is 2.24 bits per heavy atom. The van der Waals surface area contributed by atoms with E-state index in [4.69, 9.17) is 14.9 Å². The van der Waals surface area contributed by atoms with E-state index in [9.17, 15) is 29.0 Å². The number of hydrogen-bond acceptors (Lipinski definition) is 5. The number of fused-ring (bicyclic) bond motifs is 1. The molecular formula is C23H25F6N3O4S. The first kappa shape index (κ1) is 28.2. The van der Waals surface area contributed by atoms with Crippen molar-refractivity contribution in [1.82, 2.24) is 4.90 Å². The van der Waals surface area contributed by atoms with Gasteiger partial charge in [-0.2, -0.15) is 0 Å². The van der Waals surface area contributed by atoms with Crippen LogP contribution in [0.1, 0.15) is 47.8 Å². The standard InChI is InChI=1S/C23H25F6N3O4S/c1-5-35-18-8-14-10-32(23(30)20(14)21(24)22(18)36-6-2)11-17(34)15-9-16(31-13(4)33)19(7-12(15)3)37(25,26,27,28)29/h7-9,30H,5-6,10-11H2,1-4H3,(H,31,33). The Morgan fingerprint density at radius 1 is 1.08 bits per heavy atom. The molecule has 2 aromatic rings. The number of aryl methyl sites for hydroxylation is 1. The van der Waals surface area contributed by atoms with Crippen LogP contribution in [0.4, 0.5) is 29.5 Å². The summed E-state index contributed by atoms with van der Waals surface area (Å²) in [6.45, 7) is 4.87. The van der Waals surface area contributed by atoms with Crippen molar-refractivity contribution in [2.45, 2.75) is 39.1 Å². The molecule has 7 nitrogen and oxygen atoms in total. The van der Waals surface area contributed by atoms with Crippen molar-refractivity contribution in [2.24, 2.45) is 0 Å². The second kappa shape index (κ2) is 8.85. The van der Waals surface area contributed by atoms with Crippen LogP contribution in [-0.4, -0.2) is 42.2 Å². The quantitative estimate of drug-likeness (QED) is 0.271. The number of anilines is 1. The van der Waals surface area contributed by atoms with E-state index in [0.717, 1.165) is 13.8 Å². The molecule has 1 aliphatic rings. The molecule has 0 saturated heterocycles. The van der Waals surface area contributed by atoms with Gasteiger partial charge in [0.05, 0.1) is 31.0 Å². The molecule has 2 aromatic carbocycles. The highest BCUT2D eigenvalue weighted by Gasteiger charge is 2.67. The first-order valence-corrected chi connectivity index (χ1v) is 13.0. The van der Waals surface area contributed by atoms with Crippen molar-refractivity contribution in [3.05, 3.63) is 46.3 Å². The van der Waals surface area contributed by atoms with Crippen LogP contribution in [0.5, 0.6) is 11.5 Å². The molecule has 1 amide bonds. The zero-order chi connectivity index (χ0) is 28.0. The molecule has 1 aliphatic heterocycles. The van der Waals surface area contributed by atoms with Crippen LogP contribution >= 0.6 is 10.2 Å². The normalized spacial score (nSPS) is 15.1. The molecule has 0 spiro atoms. The van der Waals surface area contributed by atoms with Crippen molar-refractivity contribution in [1.29, 1.82) is 5.41 Å². The van der Waals surface area contributed by atoms with Crippen LogP contribution in [0.2, 0.25) is 0 Å². The van der Waals surface area contributed by atoms with Gasteiger partial charge in [-0.15, -0.1) is 0 Å². The monoisotopic (exact) mass is 553 g/mol. The van der Waals surface area contributed by atoms with Crippen LogP contribution in [0, 0.1) is 18.2 Å². The van der Waals surface area contributed by atoms with Crippen LogP contribution < -0.4 is 14.8 Å². The van der Waals surface area contributed by atoms with E-state index in [1.54, 1.807) is 19.2 Å². The Morgan fingerprint density at radius 2 is 1.70 bits per heavy atom. The molecule has 14 heteroatoms. The van der Waals surface area contributed by atoms with E-state index in [0.29, 0.717) is 11.6 Å². The van der Waals surface area contributed by atoms with Gasteiger partial charge in [0.1, 0.15) is 10.7 Å². The van der Waals surface area contributed by atoms with Crippen molar-refractivity contribution >= 4 is 33.4 Å². The van der Waals surface area contributed by atoms with E-state index in [2.05, 4.69) is 0 Å². The van der Waals surface area contributed by atoms with E-state index in [1.807, 2.05) is 0 Å². The molecule has 204 valence electrons. The number of nitrogens with one attached hydrogen (secondary N) is 2. The number of Topliss-reactive ketones (excluding diaryl/α,β-unsaturated/α-hetero) is 1. The van der Waals surface area contributed by atoms with Gasteiger partial charge >= 0.3 is 10.2 Å². The Balaban J connectivity index is 1.98. The number of benzene rings is 2. The molecule has 37 heavy (non-hydrogen) atoms. The number of amides is 1. The summed E-state index contributed by atoms with van der Waals surface area (Å²) in [6, 6.07) is 2.14. The highest BCUT2D eigenvalue weighted by molar-refractivity contribution is 8.45. The average molecular weight is 554 g/mol. The predicted molar refractivity (Wildman–Crippen MR) is 127 cm³/mol. The first-order chi connectivity index (χ1) is 16.9. The molecule has 3 rings (SSSR count). The van der Waals surface area contributed by atoms with E-state index in [1.165, 1.54) is 11.0 Å². The first-order valence-electron chi connectivity index (χ1n) is 11.0. The molecule has 0 saturated carbocycles. The second-order valence-electron chi connectivity index (χ2n) is 8.36. The SMILES string of the molecule is CCOc1cc2c(c(F)c1OCC)C(=N)N(CC(=O)c1cc(NC(C)=O)c(S(F)(F)(F)(F)F)cc1C)C2. The summed E-state index contributed by atoms with van der Waals surface area (Å²) in [7, 11) is -10.2. The molecule has 0 radical (unpaired) electrons. The van der Waals surface area contributed by atoms with E-state index >= 15 is 4.39 Å². The summed E-state index contributed by atoms with van der Waals surface area (Å²) in [5.74, 6) is -3.17. The zero-order valence-electron chi connectivity index (χ0n) is 20.3. The lowest BCUT2D eigenvalue weighted by atomic mass is 10.0. The molecule has 0 fully saturated rings. The number of amidine groups is 1. The van der Waals surface area contributed by atoms with Crippen LogP contribution in [-0.2, 0) is 11.3 Å². The van der Waals surface area contributed by atoms with Gasteiger partial charge < -0.3 is 19.7 Å². The summed E-state index contributed by atoms with van der Waals surface area (Å²) < 4.78 is 93.9. The summed E-state index contributed by atoms with van der Waals surface area (Å²) >= 11 is 0. The lowest BCUT2D eigenvalue weighted by Gasteiger charge is -2.42. The minimum Gasteiger partial charge on any atom is -0.490 e. The van der Waals surface area contributed by atoms with Gasteiger partial charge in [0.2, 0.25) is 5.91 Å². The van der Waals surface area contributed by atoms with Gasteiger partial charge in [0.15, 0.2) is 23.1 Å². The number of hydrogen-bond donors (Lipinski definition) is 2. The summed E-state index contributed by atoms with van der Waals surface area (Å²) in [4.78, 5) is 23.3. The Bertz CT molecular complexity index is 1320. The molecule has 0 atom stereocenters. The summed E-state index contributed by atoms with van der Waals surface area (Å²) in [5.41, 5.74) is -1.83. The molecule has 2 N–H and O–H groups in total. The maximum absolute atomic E-state index is 15.2. The van der Waals surface area contributed by atoms with Gasteiger partial charge in [-0.05, 0) is 50.1 Å². The van der Waals surface area contributed by atoms with Crippen molar-refractivity contribution in [2.75, 3.05) is 25.1 Å². The molecule has 0 aliphatic carbocycles. The number of carbonyl (C=O) groups is 2. The average Bonchev–Trinajstić information content (AvgIpc) is 3.05. The molecule has 0 aromatic heterocycles. The summed E-state index contributed by atoms with van der Waals surface area (Å²) in [6.07, 6.45) is 0. The zero-order valence-corrected chi connectivity index (χ0v) is 21.1. The van der Waals surface area contributed by atoms with Gasteiger partial charge in [-0.25, -0.2) is 4.39 Å². The fourth-order valence-corrected chi connectivity index (χ4v) is 4.93. The molecular weight excluding hydrogens is 528 g/mol. The lowest BCUT2D eigenvalue weighted by Crippen LogP contribution is -2.31. The third-order valence-corrected chi connectivity index (χ3v) is 6.63. The second-order valence-corrected chi connectivity index (χ2v) is 10.7. The van der Waals surface area contributed by atoms with E-state index in [-0.39, 0.29) is 54.3 Å². The largest absolute Gasteiger partial charge is 0.490 e. The number of nitrogens with zero attached hydrogens (tertiary/aromatic N) is 1. The lowest BCUT2D eigenvalue weighted by molar-refractivity contribution is -0.114. The highest BCUT2D eigenvalue weighted by atomic mass is 32.5. The topological polar surface area (TPSA) is 91.7 Å². The maximum Gasteiger partial charge on any atom is 0.312 e. The fourth-order valence-electron chi connectivity index (χ4n) is 4.01. The molecule has 0 bridgehead atoms. The van der Waals surface area contributed by atoms with Crippen LogP contribution in [0.3, 0.4) is 0 Å². The van der Waals surface area contributed by atoms with Crippen molar-refractivity contribution in [3.63, 3.8) is 0 Å². The third-order valence-electron chi connectivity index (χ3n) is 5.46. The Labute approximate surface area is 209 Å². The number of halogens is 6. The molecule has 1 heterocycles. The minimum absolute atomic E-state index is 0.0928. The smallest absolute Gasteiger partial charge is 0.312 e. The number of ketones is 1. The maximum atomic E-state index is 15.2. The van der Waals surface area contributed by atoms with Crippen LogP contribution in [0.25, 0.3) is 0 Å². The number of rotatable bonds is 9. The molecule has 0 unspecified atom stereocenters. The van der Waals surface area contributed by atoms with Gasteiger partial charge in [-0.1, -0.05) is 19.4 Å². The fraction of sp³-hybridized carbons (Fsp3) is 0.348. The summed E-state index contributed by atoms with van der Waals surface area (Å²) in [5, 5.41) is 10.1. The van der Waals surface area contributed by atoms with Gasteiger partial charge in [0, 0.05) is 19.0 Å². The highest BCUT2D eigenvalue weighted by Crippen LogP contribution is 3.02. The predicted octanol–water partition coefficient (Wildman–Crippen LogP) is 6.57. The Hall–Kier alpha value is -3.42. The van der Waals surface area contributed by atoms with Crippen molar-refractivity contribution < 1.29 is 42.9 Å². The van der Waals surface area contributed by atoms with E-state index < -0.39 is 50.4 Å². The Kier molecular flexibility index (Phi) is 6.74. The third kappa shape index (κ3) is 5.78. The van der Waals surface area contributed by atoms with Crippen LogP contribution in [0.15, 0.2) is 23.1 Å². The van der Waals surface area contributed by atoms with Gasteiger partial charge in [0.25, 0.3) is 0 Å².